The van der Waals surface area contributed by atoms with Crippen LogP contribution >= 0.6 is 0 Å². The van der Waals surface area contributed by atoms with E-state index < -0.39 is 17.8 Å². The van der Waals surface area contributed by atoms with Crippen molar-refractivity contribution in [1.29, 1.82) is 0 Å². The van der Waals surface area contributed by atoms with E-state index in [1.165, 1.54) is 12.3 Å². The standard InChI is InChI=1S/C30H39N2O5/c1-19-16-26-24(13-12-21(3)30(26,35)17-28(19)37-22(4)33)20(2)18-36-29(34)32-15-14-31-27-11-7-9-23-8-5-6-10-25(23)27/h5-11,16-17,20-21,24,26,28,31,35H,12-15,18H2,1-4H3,(H,32,34)/t20?,21-,24-,26-,28-,30-/m1/s1. The Kier molecular flexibility index (Phi) is 8.42. The third-order valence-electron chi connectivity index (χ3n) is 8.03. The van der Waals surface area contributed by atoms with Gasteiger partial charge in [0.25, 0.3) is 0 Å². The Labute approximate surface area is 219 Å². The summed E-state index contributed by atoms with van der Waals surface area (Å²) in [6.45, 7) is 8.72. The third-order valence-corrected chi connectivity index (χ3v) is 8.03. The second kappa shape index (κ2) is 11.5. The molecule has 2 aromatic carbocycles. The topological polar surface area (TPSA) is 96.9 Å². The van der Waals surface area contributed by atoms with Crippen LogP contribution in [0.2, 0.25) is 0 Å². The Hall–Kier alpha value is -3.06. The van der Waals surface area contributed by atoms with Crippen LogP contribution in [0.25, 0.3) is 10.8 Å². The number of hydrogen-bond donors (Lipinski definition) is 3. The molecule has 0 spiro atoms. The molecule has 0 aliphatic heterocycles. The highest BCUT2D eigenvalue weighted by molar-refractivity contribution is 5.93. The monoisotopic (exact) mass is 507 g/mol. The molecule has 2 aliphatic rings. The van der Waals surface area contributed by atoms with Gasteiger partial charge in [-0.05, 0) is 54.5 Å². The van der Waals surface area contributed by atoms with E-state index in [4.69, 9.17) is 9.47 Å². The lowest BCUT2D eigenvalue weighted by Crippen LogP contribution is -2.56. The zero-order chi connectivity index (χ0) is 26.6. The van der Waals surface area contributed by atoms with Gasteiger partial charge in [-0.1, -0.05) is 56.3 Å². The molecule has 2 aromatic rings. The zero-order valence-electron chi connectivity index (χ0n) is 22.2. The highest BCUT2D eigenvalue weighted by atomic mass is 16.5. The van der Waals surface area contributed by atoms with Gasteiger partial charge in [0.05, 0.1) is 12.2 Å². The molecule has 199 valence electrons. The Morgan fingerprint density at radius 1 is 1.14 bits per heavy atom. The number of aliphatic hydroxyl groups is 1. The van der Waals surface area contributed by atoms with Gasteiger partial charge in [-0.15, -0.1) is 0 Å². The maximum Gasteiger partial charge on any atom is 0.407 e. The molecule has 2 aliphatic carbocycles. The van der Waals surface area contributed by atoms with E-state index in [-0.39, 0.29) is 36.2 Å². The van der Waals surface area contributed by atoms with Crippen molar-refractivity contribution in [2.24, 2.45) is 23.7 Å². The van der Waals surface area contributed by atoms with E-state index in [0.717, 1.165) is 29.5 Å². The fourth-order valence-corrected chi connectivity index (χ4v) is 5.88. The molecule has 7 heteroatoms. The van der Waals surface area contributed by atoms with Crippen molar-refractivity contribution >= 4 is 28.5 Å². The number of fused-ring (bicyclic) bond motifs is 2. The van der Waals surface area contributed by atoms with Gasteiger partial charge in [0.2, 0.25) is 0 Å². The van der Waals surface area contributed by atoms with E-state index in [0.29, 0.717) is 13.1 Å². The summed E-state index contributed by atoms with van der Waals surface area (Å²) >= 11 is 0. The molecule has 4 rings (SSSR count). The van der Waals surface area contributed by atoms with Gasteiger partial charge in [0.1, 0.15) is 6.10 Å². The fourth-order valence-electron chi connectivity index (χ4n) is 5.88. The van der Waals surface area contributed by atoms with E-state index in [1.807, 2.05) is 38.1 Å². The molecular weight excluding hydrogens is 468 g/mol. The third kappa shape index (κ3) is 6.09. The summed E-state index contributed by atoms with van der Waals surface area (Å²) in [5, 5.41) is 20.2. The lowest BCUT2D eigenvalue weighted by Gasteiger charge is -2.52. The van der Waals surface area contributed by atoms with Crippen molar-refractivity contribution in [2.75, 3.05) is 25.0 Å². The highest BCUT2D eigenvalue weighted by Gasteiger charge is 2.53. The summed E-state index contributed by atoms with van der Waals surface area (Å²) in [6.07, 6.45) is 4.69. The first kappa shape index (κ1) is 27.0. The molecule has 0 aromatic heterocycles. The number of hydrogen-bond acceptors (Lipinski definition) is 6. The van der Waals surface area contributed by atoms with Crippen LogP contribution in [0.5, 0.6) is 0 Å². The van der Waals surface area contributed by atoms with Crippen molar-refractivity contribution in [3.63, 3.8) is 0 Å². The molecule has 1 amide bonds. The zero-order valence-corrected chi connectivity index (χ0v) is 22.2. The molecule has 3 N–H and O–H groups in total. The maximum atomic E-state index is 12.4. The number of anilines is 1. The summed E-state index contributed by atoms with van der Waals surface area (Å²) in [6, 6.07) is 14.3. The number of carbonyl (C=O) groups excluding carboxylic acids is 2. The van der Waals surface area contributed by atoms with E-state index in [9.17, 15) is 14.7 Å². The SMILES string of the molecule is CC(=O)O[C@@H]1[CH][C@@]2(O)[C@H](C)CC[C@H](C(C)COC(=O)NCCNc3cccc4ccccc34)[C@H]2C=C1C. The average Bonchev–Trinajstić information content (AvgIpc) is 2.87. The van der Waals surface area contributed by atoms with Crippen LogP contribution in [0.4, 0.5) is 10.5 Å². The fraction of sp³-hybridized carbons (Fsp3) is 0.500. The van der Waals surface area contributed by atoms with E-state index in [1.54, 1.807) is 6.42 Å². The molecule has 1 saturated carbocycles. The molecule has 0 heterocycles. The predicted octanol–water partition coefficient (Wildman–Crippen LogP) is 5.10. The minimum Gasteiger partial charge on any atom is -0.458 e. The summed E-state index contributed by atoms with van der Waals surface area (Å²) in [7, 11) is 0. The summed E-state index contributed by atoms with van der Waals surface area (Å²) in [5.74, 6) is -0.231. The predicted molar refractivity (Wildman–Crippen MR) is 145 cm³/mol. The number of amides is 1. The molecule has 1 radical (unpaired) electrons. The number of carbonyl (C=O) groups is 2. The second-order valence-electron chi connectivity index (χ2n) is 10.6. The van der Waals surface area contributed by atoms with Gasteiger partial charge in [-0.25, -0.2) is 4.79 Å². The Morgan fingerprint density at radius 3 is 2.68 bits per heavy atom. The Balaban J connectivity index is 1.27. The first-order valence-corrected chi connectivity index (χ1v) is 13.2. The van der Waals surface area contributed by atoms with Crippen LogP contribution in [0.15, 0.2) is 54.1 Å². The summed E-state index contributed by atoms with van der Waals surface area (Å²) < 4.78 is 11.0. The summed E-state index contributed by atoms with van der Waals surface area (Å²) in [5.41, 5.74) is 0.893. The molecule has 0 saturated heterocycles. The number of esters is 1. The van der Waals surface area contributed by atoms with Gasteiger partial charge < -0.3 is 25.2 Å². The van der Waals surface area contributed by atoms with Crippen LogP contribution < -0.4 is 10.6 Å². The van der Waals surface area contributed by atoms with E-state index >= 15 is 0 Å². The van der Waals surface area contributed by atoms with Crippen molar-refractivity contribution in [2.45, 2.75) is 52.2 Å². The van der Waals surface area contributed by atoms with Crippen LogP contribution in [0.1, 0.15) is 40.5 Å². The number of ether oxygens (including phenoxy) is 2. The second-order valence-corrected chi connectivity index (χ2v) is 10.6. The maximum absolute atomic E-state index is 12.4. The van der Waals surface area contributed by atoms with Crippen LogP contribution in [-0.2, 0) is 14.3 Å². The van der Waals surface area contributed by atoms with Crippen LogP contribution in [0.3, 0.4) is 0 Å². The van der Waals surface area contributed by atoms with Gasteiger partial charge in [0, 0.05) is 43.4 Å². The van der Waals surface area contributed by atoms with Gasteiger partial charge in [0.15, 0.2) is 0 Å². The molecule has 1 fully saturated rings. The largest absolute Gasteiger partial charge is 0.458 e. The molecule has 1 unspecified atom stereocenters. The molecule has 6 atom stereocenters. The highest BCUT2D eigenvalue weighted by Crippen LogP contribution is 2.50. The molecular formula is C30H39N2O5. The number of alkyl carbamates (subject to hydrolysis) is 1. The van der Waals surface area contributed by atoms with E-state index in [2.05, 4.69) is 41.8 Å². The first-order valence-electron chi connectivity index (χ1n) is 13.2. The van der Waals surface area contributed by atoms with Crippen LogP contribution in [-0.4, -0.2) is 48.6 Å². The lowest BCUT2D eigenvalue weighted by atomic mass is 9.57. The smallest absolute Gasteiger partial charge is 0.407 e. The average molecular weight is 508 g/mol. The number of rotatable bonds is 8. The normalized spacial score (nSPS) is 28.0. The summed E-state index contributed by atoms with van der Waals surface area (Å²) in [4.78, 5) is 23.9. The van der Waals surface area contributed by atoms with Gasteiger partial charge >= 0.3 is 12.1 Å². The number of benzene rings is 2. The van der Waals surface area contributed by atoms with Crippen LogP contribution in [0, 0.1) is 30.1 Å². The Bertz CT molecular complexity index is 1140. The van der Waals surface area contributed by atoms with Gasteiger partial charge in [-0.3, -0.25) is 4.79 Å². The Morgan fingerprint density at radius 2 is 1.89 bits per heavy atom. The first-order chi connectivity index (χ1) is 17.7. The van der Waals surface area contributed by atoms with Crippen molar-refractivity contribution in [1.82, 2.24) is 5.32 Å². The number of nitrogens with one attached hydrogen (secondary N) is 2. The van der Waals surface area contributed by atoms with Crippen molar-refractivity contribution < 1.29 is 24.2 Å². The lowest BCUT2D eigenvalue weighted by molar-refractivity contribution is -0.148. The van der Waals surface area contributed by atoms with Crippen molar-refractivity contribution in [3.8, 4) is 0 Å². The minimum atomic E-state index is -1.06. The van der Waals surface area contributed by atoms with Gasteiger partial charge in [-0.2, -0.15) is 0 Å². The quantitative estimate of drug-likeness (QED) is 0.261. The molecule has 7 nitrogen and oxygen atoms in total. The molecule has 0 bridgehead atoms. The van der Waals surface area contributed by atoms with Crippen molar-refractivity contribution in [3.05, 3.63) is 60.5 Å². The minimum absolute atomic E-state index is 0.0433. The molecule has 37 heavy (non-hydrogen) atoms.